The summed E-state index contributed by atoms with van der Waals surface area (Å²) in [7, 11) is 0. The van der Waals surface area contributed by atoms with Gasteiger partial charge in [-0.1, -0.05) is 0 Å². The lowest BCUT2D eigenvalue weighted by Crippen LogP contribution is -1.93. The van der Waals surface area contributed by atoms with Crippen LogP contribution in [0.2, 0.25) is 0 Å². The molecule has 0 aliphatic heterocycles. The molecule has 17 heavy (non-hydrogen) atoms. The van der Waals surface area contributed by atoms with Crippen LogP contribution in [0.4, 0.5) is 5.69 Å². The largest absolute Gasteiger partial charge is 0.455 e. The highest BCUT2D eigenvalue weighted by molar-refractivity contribution is 5.46. The fraction of sp³-hybridized carbons (Fsp3) is 0.0833. The number of ether oxygens (including phenoxy) is 1. The Hall–Kier alpha value is -2.43. The second-order valence-corrected chi connectivity index (χ2v) is 3.50. The van der Waals surface area contributed by atoms with Crippen LogP contribution in [0, 0.1) is 17.0 Å². The lowest BCUT2D eigenvalue weighted by atomic mass is 10.2. The first-order valence-corrected chi connectivity index (χ1v) is 5.00. The van der Waals surface area contributed by atoms with Gasteiger partial charge < -0.3 is 4.74 Å². The fourth-order valence-corrected chi connectivity index (χ4v) is 1.39. The number of benzene rings is 1. The van der Waals surface area contributed by atoms with Gasteiger partial charge in [0.15, 0.2) is 0 Å². The van der Waals surface area contributed by atoms with Gasteiger partial charge in [0.05, 0.1) is 17.2 Å². The van der Waals surface area contributed by atoms with E-state index in [1.54, 1.807) is 43.6 Å². The topological polar surface area (TPSA) is 65.3 Å². The maximum Gasteiger partial charge on any atom is 0.276 e. The molecule has 0 N–H and O–H groups in total. The van der Waals surface area contributed by atoms with Crippen molar-refractivity contribution in [2.45, 2.75) is 6.92 Å². The van der Waals surface area contributed by atoms with Crippen molar-refractivity contribution >= 4 is 5.69 Å². The van der Waals surface area contributed by atoms with E-state index in [1.807, 2.05) is 0 Å². The number of pyridine rings is 1. The average molecular weight is 230 g/mol. The molecule has 0 saturated heterocycles. The molecule has 0 atom stereocenters. The molecular weight excluding hydrogens is 220 g/mol. The van der Waals surface area contributed by atoms with Gasteiger partial charge in [-0.25, -0.2) is 0 Å². The van der Waals surface area contributed by atoms with Gasteiger partial charge in [0.2, 0.25) is 0 Å². The van der Waals surface area contributed by atoms with Gasteiger partial charge in [-0.3, -0.25) is 15.1 Å². The quantitative estimate of drug-likeness (QED) is 0.600. The third-order valence-corrected chi connectivity index (χ3v) is 2.25. The molecule has 0 bridgehead atoms. The standard InChI is InChI=1S/C12H10N2O3/c1-9-4-5-10(7-12(9)14(15)16)17-11-3-2-6-13-8-11/h2-8H,1H3. The van der Waals surface area contributed by atoms with Gasteiger partial charge in [-0.15, -0.1) is 0 Å². The predicted molar refractivity (Wildman–Crippen MR) is 62.1 cm³/mol. The van der Waals surface area contributed by atoms with E-state index in [0.29, 0.717) is 17.1 Å². The van der Waals surface area contributed by atoms with E-state index < -0.39 is 4.92 Å². The van der Waals surface area contributed by atoms with Crippen molar-refractivity contribution < 1.29 is 9.66 Å². The molecule has 5 heteroatoms. The summed E-state index contributed by atoms with van der Waals surface area (Å²) in [6.07, 6.45) is 3.18. The molecule has 1 heterocycles. The van der Waals surface area contributed by atoms with Crippen LogP contribution in [-0.4, -0.2) is 9.91 Å². The van der Waals surface area contributed by atoms with Crippen LogP contribution < -0.4 is 4.74 Å². The minimum Gasteiger partial charge on any atom is -0.455 e. The van der Waals surface area contributed by atoms with Crippen LogP contribution in [-0.2, 0) is 0 Å². The fourth-order valence-electron chi connectivity index (χ4n) is 1.39. The SMILES string of the molecule is Cc1ccc(Oc2cccnc2)cc1[N+](=O)[O-]. The minimum atomic E-state index is -0.425. The lowest BCUT2D eigenvalue weighted by molar-refractivity contribution is -0.385. The Kier molecular flexibility index (Phi) is 3.00. The maximum absolute atomic E-state index is 10.8. The molecule has 86 valence electrons. The minimum absolute atomic E-state index is 0.0476. The zero-order valence-corrected chi connectivity index (χ0v) is 9.16. The highest BCUT2D eigenvalue weighted by Crippen LogP contribution is 2.27. The third-order valence-electron chi connectivity index (χ3n) is 2.25. The van der Waals surface area contributed by atoms with Crippen molar-refractivity contribution in [3.8, 4) is 11.5 Å². The van der Waals surface area contributed by atoms with E-state index in [2.05, 4.69) is 4.98 Å². The van der Waals surface area contributed by atoms with Gasteiger partial charge >= 0.3 is 0 Å². The molecule has 1 aromatic heterocycles. The van der Waals surface area contributed by atoms with Gasteiger partial charge in [0.25, 0.3) is 5.69 Å². The maximum atomic E-state index is 10.8. The first-order chi connectivity index (χ1) is 8.16. The molecular formula is C12H10N2O3. The zero-order valence-electron chi connectivity index (χ0n) is 9.16. The lowest BCUT2D eigenvalue weighted by Gasteiger charge is -2.05. The van der Waals surface area contributed by atoms with Gasteiger partial charge in [-0.05, 0) is 31.2 Å². The Bertz CT molecular complexity index is 541. The molecule has 0 unspecified atom stereocenters. The van der Waals surface area contributed by atoms with E-state index in [0.717, 1.165) is 0 Å². The second-order valence-electron chi connectivity index (χ2n) is 3.50. The summed E-state index contributed by atoms with van der Waals surface area (Å²) in [4.78, 5) is 14.2. The Morgan fingerprint density at radius 2 is 2.12 bits per heavy atom. The molecule has 1 aromatic carbocycles. The summed E-state index contributed by atoms with van der Waals surface area (Å²) in [5, 5.41) is 10.8. The molecule has 2 aromatic rings. The zero-order chi connectivity index (χ0) is 12.3. The molecule has 0 saturated carbocycles. The van der Waals surface area contributed by atoms with E-state index in [-0.39, 0.29) is 5.69 Å². The molecule has 0 aliphatic rings. The van der Waals surface area contributed by atoms with E-state index >= 15 is 0 Å². The number of hydrogen-bond donors (Lipinski definition) is 0. The molecule has 2 rings (SSSR count). The van der Waals surface area contributed by atoms with Gasteiger partial charge in [0.1, 0.15) is 11.5 Å². The monoisotopic (exact) mass is 230 g/mol. The number of nitrogens with zero attached hydrogens (tertiary/aromatic N) is 2. The van der Waals surface area contributed by atoms with Gasteiger partial charge in [-0.2, -0.15) is 0 Å². The molecule has 0 spiro atoms. The van der Waals surface area contributed by atoms with Crippen LogP contribution in [0.1, 0.15) is 5.56 Å². The molecule has 0 amide bonds. The Morgan fingerprint density at radius 1 is 1.29 bits per heavy atom. The Morgan fingerprint density at radius 3 is 2.76 bits per heavy atom. The van der Waals surface area contributed by atoms with Crippen LogP contribution >= 0.6 is 0 Å². The van der Waals surface area contributed by atoms with Crippen molar-refractivity contribution in [1.82, 2.24) is 4.98 Å². The van der Waals surface area contributed by atoms with Crippen molar-refractivity contribution in [2.75, 3.05) is 0 Å². The van der Waals surface area contributed by atoms with Crippen LogP contribution in [0.15, 0.2) is 42.7 Å². The number of nitro benzene ring substituents is 1. The highest BCUT2D eigenvalue weighted by Gasteiger charge is 2.11. The molecule has 0 radical (unpaired) electrons. The van der Waals surface area contributed by atoms with Crippen molar-refractivity contribution in [1.29, 1.82) is 0 Å². The normalized spacial score (nSPS) is 9.94. The first-order valence-electron chi connectivity index (χ1n) is 5.00. The second kappa shape index (κ2) is 4.61. The van der Waals surface area contributed by atoms with Crippen molar-refractivity contribution in [3.63, 3.8) is 0 Å². The Balaban J connectivity index is 2.29. The predicted octanol–water partition coefficient (Wildman–Crippen LogP) is 3.09. The highest BCUT2D eigenvalue weighted by atomic mass is 16.6. The number of hydrogen-bond acceptors (Lipinski definition) is 4. The number of aromatic nitrogens is 1. The first kappa shape index (κ1) is 11.1. The van der Waals surface area contributed by atoms with Crippen LogP contribution in [0.25, 0.3) is 0 Å². The van der Waals surface area contributed by atoms with Crippen molar-refractivity contribution in [3.05, 3.63) is 58.4 Å². The van der Waals surface area contributed by atoms with Crippen LogP contribution in [0.5, 0.6) is 11.5 Å². The number of aryl methyl sites for hydroxylation is 1. The summed E-state index contributed by atoms with van der Waals surface area (Å²) < 4.78 is 5.46. The molecule has 0 fully saturated rings. The van der Waals surface area contributed by atoms with E-state index in [4.69, 9.17) is 4.74 Å². The smallest absolute Gasteiger partial charge is 0.276 e. The molecule has 0 aliphatic carbocycles. The number of nitro groups is 1. The summed E-state index contributed by atoms with van der Waals surface area (Å²) in [5.41, 5.74) is 0.653. The summed E-state index contributed by atoms with van der Waals surface area (Å²) >= 11 is 0. The summed E-state index contributed by atoms with van der Waals surface area (Å²) in [6, 6.07) is 8.22. The summed E-state index contributed by atoms with van der Waals surface area (Å²) in [6.45, 7) is 1.69. The van der Waals surface area contributed by atoms with Gasteiger partial charge in [0, 0.05) is 11.8 Å². The summed E-state index contributed by atoms with van der Waals surface area (Å²) in [5.74, 6) is 0.973. The van der Waals surface area contributed by atoms with E-state index in [1.165, 1.54) is 6.07 Å². The average Bonchev–Trinajstić information content (AvgIpc) is 2.32. The third kappa shape index (κ3) is 2.57. The Labute approximate surface area is 97.8 Å². The van der Waals surface area contributed by atoms with E-state index in [9.17, 15) is 10.1 Å². The number of rotatable bonds is 3. The molecule has 5 nitrogen and oxygen atoms in total. The van der Waals surface area contributed by atoms with Crippen LogP contribution in [0.3, 0.4) is 0 Å². The van der Waals surface area contributed by atoms with Crippen molar-refractivity contribution in [2.24, 2.45) is 0 Å².